The third-order valence-electron chi connectivity index (χ3n) is 5.76. The minimum atomic E-state index is -0.278. The van der Waals surface area contributed by atoms with E-state index in [0.717, 1.165) is 23.4 Å². The SMILES string of the molecule is CC1CCN(Cc2ccc(CNC(=O)c3cc4ccccc4c(=O)[nH]3)cc2)CC1. The third-order valence-corrected chi connectivity index (χ3v) is 5.76. The van der Waals surface area contributed by atoms with E-state index >= 15 is 0 Å². The van der Waals surface area contributed by atoms with Gasteiger partial charge in [-0.05, 0) is 60.5 Å². The van der Waals surface area contributed by atoms with E-state index in [-0.39, 0.29) is 17.2 Å². The molecular formula is C24H27N3O2. The molecule has 4 rings (SSSR count). The fraction of sp³-hybridized carbons (Fsp3) is 0.333. The molecule has 1 aromatic heterocycles. The maximum atomic E-state index is 12.5. The Morgan fingerprint density at radius 3 is 2.52 bits per heavy atom. The van der Waals surface area contributed by atoms with Crippen molar-refractivity contribution in [2.24, 2.45) is 5.92 Å². The smallest absolute Gasteiger partial charge is 0.268 e. The number of aromatic amines is 1. The van der Waals surface area contributed by atoms with E-state index in [1.807, 2.05) is 18.2 Å². The third kappa shape index (κ3) is 4.74. The minimum Gasteiger partial charge on any atom is -0.347 e. The molecule has 3 aromatic rings. The first-order valence-electron chi connectivity index (χ1n) is 10.3. The van der Waals surface area contributed by atoms with Crippen LogP contribution < -0.4 is 10.9 Å². The number of aromatic nitrogens is 1. The number of likely N-dealkylation sites (tertiary alicyclic amines) is 1. The van der Waals surface area contributed by atoms with Crippen molar-refractivity contribution in [3.63, 3.8) is 0 Å². The second-order valence-electron chi connectivity index (χ2n) is 8.06. The molecule has 29 heavy (non-hydrogen) atoms. The summed E-state index contributed by atoms with van der Waals surface area (Å²) in [6.45, 7) is 6.08. The van der Waals surface area contributed by atoms with E-state index in [4.69, 9.17) is 0 Å². The molecule has 1 saturated heterocycles. The summed E-state index contributed by atoms with van der Waals surface area (Å²) in [7, 11) is 0. The number of hydrogen-bond donors (Lipinski definition) is 2. The van der Waals surface area contributed by atoms with E-state index < -0.39 is 0 Å². The average Bonchev–Trinajstić information content (AvgIpc) is 2.74. The number of benzene rings is 2. The van der Waals surface area contributed by atoms with Crippen LogP contribution in [0.4, 0.5) is 0 Å². The molecule has 0 spiro atoms. The molecule has 150 valence electrons. The number of hydrogen-bond acceptors (Lipinski definition) is 3. The van der Waals surface area contributed by atoms with Gasteiger partial charge in [-0.1, -0.05) is 49.4 Å². The Labute approximate surface area is 170 Å². The summed E-state index contributed by atoms with van der Waals surface area (Å²) in [5, 5.41) is 4.24. The molecule has 2 aromatic carbocycles. The fourth-order valence-electron chi connectivity index (χ4n) is 3.85. The Kier molecular flexibility index (Phi) is 5.76. The standard InChI is InChI=1S/C24H27N3O2/c1-17-10-12-27(13-11-17)16-19-8-6-18(7-9-19)15-25-24(29)22-14-20-4-2-3-5-21(20)23(28)26-22/h2-9,14,17H,10-13,15-16H2,1H3,(H,25,29)(H,26,28). The number of nitrogens with zero attached hydrogens (tertiary/aromatic N) is 1. The molecule has 0 atom stereocenters. The van der Waals surface area contributed by atoms with E-state index in [1.165, 1.54) is 31.5 Å². The van der Waals surface area contributed by atoms with Crippen LogP contribution in [0.1, 0.15) is 41.4 Å². The molecule has 0 unspecified atom stereocenters. The summed E-state index contributed by atoms with van der Waals surface area (Å²) >= 11 is 0. The van der Waals surface area contributed by atoms with Gasteiger partial charge in [-0.15, -0.1) is 0 Å². The minimum absolute atomic E-state index is 0.246. The van der Waals surface area contributed by atoms with Crippen LogP contribution in [-0.4, -0.2) is 28.9 Å². The van der Waals surface area contributed by atoms with Crippen LogP contribution in [0, 0.1) is 5.92 Å². The zero-order valence-electron chi connectivity index (χ0n) is 16.8. The van der Waals surface area contributed by atoms with Gasteiger partial charge in [0.1, 0.15) is 5.69 Å². The van der Waals surface area contributed by atoms with Crippen molar-refractivity contribution in [1.82, 2.24) is 15.2 Å². The van der Waals surface area contributed by atoms with Crippen LogP contribution in [0.3, 0.4) is 0 Å². The Morgan fingerprint density at radius 1 is 1.07 bits per heavy atom. The molecule has 5 nitrogen and oxygen atoms in total. The summed E-state index contributed by atoms with van der Waals surface area (Å²) in [5.74, 6) is 0.564. The van der Waals surface area contributed by atoms with Crippen molar-refractivity contribution in [3.05, 3.63) is 81.8 Å². The monoisotopic (exact) mass is 389 g/mol. The number of carbonyl (C=O) groups excluding carboxylic acids is 1. The second-order valence-corrected chi connectivity index (χ2v) is 8.06. The zero-order chi connectivity index (χ0) is 20.2. The molecule has 1 aliphatic heterocycles. The number of amides is 1. The highest BCUT2D eigenvalue weighted by Gasteiger charge is 2.15. The van der Waals surface area contributed by atoms with Crippen LogP contribution in [0.15, 0.2) is 59.4 Å². The van der Waals surface area contributed by atoms with Gasteiger partial charge in [-0.25, -0.2) is 0 Å². The molecule has 1 fully saturated rings. The first kappa shape index (κ1) is 19.4. The molecule has 1 aliphatic rings. The lowest BCUT2D eigenvalue weighted by Gasteiger charge is -2.30. The van der Waals surface area contributed by atoms with Gasteiger partial charge in [0, 0.05) is 18.5 Å². The molecule has 1 amide bonds. The molecule has 0 bridgehead atoms. The lowest BCUT2D eigenvalue weighted by molar-refractivity contribution is 0.0946. The number of piperidine rings is 1. The van der Waals surface area contributed by atoms with Gasteiger partial charge in [0.05, 0.1) is 0 Å². The topological polar surface area (TPSA) is 65.2 Å². The molecule has 0 aliphatic carbocycles. The normalized spacial score (nSPS) is 15.5. The zero-order valence-corrected chi connectivity index (χ0v) is 16.8. The van der Waals surface area contributed by atoms with Gasteiger partial charge in [-0.2, -0.15) is 0 Å². The van der Waals surface area contributed by atoms with Crippen molar-refractivity contribution >= 4 is 16.7 Å². The lowest BCUT2D eigenvalue weighted by Crippen LogP contribution is -2.32. The van der Waals surface area contributed by atoms with Crippen molar-refractivity contribution in [2.75, 3.05) is 13.1 Å². The first-order valence-corrected chi connectivity index (χ1v) is 10.3. The largest absolute Gasteiger partial charge is 0.347 e. The maximum absolute atomic E-state index is 12.5. The van der Waals surface area contributed by atoms with Crippen LogP contribution in [-0.2, 0) is 13.1 Å². The summed E-state index contributed by atoms with van der Waals surface area (Å²) in [6.07, 6.45) is 2.56. The summed E-state index contributed by atoms with van der Waals surface area (Å²) in [4.78, 5) is 29.8. The van der Waals surface area contributed by atoms with E-state index in [2.05, 4.69) is 46.4 Å². The van der Waals surface area contributed by atoms with Crippen molar-refractivity contribution in [3.8, 4) is 0 Å². The Bertz CT molecular complexity index is 1050. The van der Waals surface area contributed by atoms with Crippen LogP contribution in [0.25, 0.3) is 10.8 Å². The van der Waals surface area contributed by atoms with Gasteiger partial charge < -0.3 is 10.3 Å². The Hall–Kier alpha value is -2.92. The Balaban J connectivity index is 1.35. The predicted octanol–water partition coefficient (Wildman–Crippen LogP) is 3.69. The number of carbonyl (C=O) groups is 1. The molecule has 5 heteroatoms. The number of H-pyrrole nitrogens is 1. The van der Waals surface area contributed by atoms with Gasteiger partial charge >= 0.3 is 0 Å². The number of rotatable bonds is 5. The van der Waals surface area contributed by atoms with E-state index in [9.17, 15) is 9.59 Å². The highest BCUT2D eigenvalue weighted by atomic mass is 16.2. The van der Waals surface area contributed by atoms with Crippen LogP contribution in [0.2, 0.25) is 0 Å². The Morgan fingerprint density at radius 2 is 1.76 bits per heavy atom. The first-order chi connectivity index (χ1) is 14.1. The van der Waals surface area contributed by atoms with E-state index in [1.54, 1.807) is 12.1 Å². The van der Waals surface area contributed by atoms with Crippen LogP contribution in [0.5, 0.6) is 0 Å². The summed E-state index contributed by atoms with van der Waals surface area (Å²) in [5.41, 5.74) is 2.38. The van der Waals surface area contributed by atoms with Crippen LogP contribution >= 0.6 is 0 Å². The fourth-order valence-corrected chi connectivity index (χ4v) is 3.85. The van der Waals surface area contributed by atoms with Crippen molar-refractivity contribution in [1.29, 1.82) is 0 Å². The van der Waals surface area contributed by atoms with Gasteiger partial charge in [0.15, 0.2) is 0 Å². The molecular weight excluding hydrogens is 362 g/mol. The average molecular weight is 389 g/mol. The van der Waals surface area contributed by atoms with Gasteiger partial charge in [0.2, 0.25) is 0 Å². The predicted molar refractivity (Wildman–Crippen MR) is 116 cm³/mol. The van der Waals surface area contributed by atoms with Gasteiger partial charge in [0.25, 0.3) is 11.5 Å². The molecule has 0 radical (unpaired) electrons. The summed E-state index contributed by atoms with van der Waals surface area (Å²) < 4.78 is 0. The molecule has 2 heterocycles. The summed E-state index contributed by atoms with van der Waals surface area (Å²) in [6, 6.07) is 17.4. The highest BCUT2D eigenvalue weighted by Crippen LogP contribution is 2.18. The van der Waals surface area contributed by atoms with E-state index in [0.29, 0.717) is 11.9 Å². The maximum Gasteiger partial charge on any atom is 0.268 e. The van der Waals surface area contributed by atoms with Gasteiger partial charge in [-0.3, -0.25) is 14.5 Å². The molecule has 2 N–H and O–H groups in total. The quantitative estimate of drug-likeness (QED) is 0.699. The number of fused-ring (bicyclic) bond motifs is 1. The molecule has 0 saturated carbocycles. The van der Waals surface area contributed by atoms with Crippen molar-refractivity contribution in [2.45, 2.75) is 32.9 Å². The second kappa shape index (κ2) is 8.62. The number of pyridine rings is 1. The highest BCUT2D eigenvalue weighted by molar-refractivity contribution is 5.96. The number of nitrogens with one attached hydrogen (secondary N) is 2. The lowest BCUT2D eigenvalue weighted by atomic mass is 9.99. The van der Waals surface area contributed by atoms with Crippen molar-refractivity contribution < 1.29 is 4.79 Å².